The minimum atomic E-state index is -0.408. The van der Waals surface area contributed by atoms with Crippen molar-refractivity contribution in [2.24, 2.45) is 0 Å². The molecule has 1 fully saturated rings. The quantitative estimate of drug-likeness (QED) is 0.569. The van der Waals surface area contributed by atoms with Crippen LogP contribution in [0.15, 0.2) is 0 Å². The molecule has 0 saturated heterocycles. The minimum absolute atomic E-state index is 0.0656. The standard InChI is InChI=1S/C8H13ClO2/c1-8(2,3)11-6-4-5(10)7(6)9/h6-7H,4H2,1-3H3/t6-,7+/m1/s1. The van der Waals surface area contributed by atoms with Gasteiger partial charge in [-0.05, 0) is 20.8 Å². The van der Waals surface area contributed by atoms with Crippen LogP contribution in [0.4, 0.5) is 0 Å². The largest absolute Gasteiger partial charge is 0.370 e. The zero-order valence-corrected chi connectivity index (χ0v) is 7.81. The molecule has 64 valence electrons. The first kappa shape index (κ1) is 9.01. The molecule has 11 heavy (non-hydrogen) atoms. The molecule has 0 radical (unpaired) electrons. The molecular formula is C8H13ClO2. The summed E-state index contributed by atoms with van der Waals surface area (Å²) in [5.41, 5.74) is -0.196. The Hall–Kier alpha value is -0.0800. The third-order valence-electron chi connectivity index (χ3n) is 1.54. The normalized spacial score (nSPS) is 31.8. The van der Waals surface area contributed by atoms with Crippen LogP contribution in [-0.4, -0.2) is 22.9 Å². The maximum absolute atomic E-state index is 10.7. The molecule has 0 aromatic heterocycles. The fraction of sp³-hybridized carbons (Fsp3) is 0.875. The summed E-state index contributed by atoms with van der Waals surface area (Å²) in [5, 5.41) is -0.408. The first-order valence-electron chi connectivity index (χ1n) is 3.75. The second-order valence-electron chi connectivity index (χ2n) is 3.84. The molecule has 0 aromatic carbocycles. The molecule has 1 aliphatic rings. The highest BCUT2D eigenvalue weighted by molar-refractivity contribution is 6.34. The Balaban J connectivity index is 2.36. The zero-order chi connectivity index (χ0) is 8.65. The van der Waals surface area contributed by atoms with E-state index in [2.05, 4.69) is 0 Å². The van der Waals surface area contributed by atoms with Crippen molar-refractivity contribution < 1.29 is 9.53 Å². The lowest BCUT2D eigenvalue weighted by atomic mass is 9.92. The molecule has 0 heterocycles. The molecule has 0 N–H and O–H groups in total. The van der Waals surface area contributed by atoms with Gasteiger partial charge < -0.3 is 4.74 Å². The van der Waals surface area contributed by atoms with Gasteiger partial charge in [0.2, 0.25) is 0 Å². The molecule has 0 bridgehead atoms. The number of ether oxygens (including phenoxy) is 1. The van der Waals surface area contributed by atoms with E-state index in [0.29, 0.717) is 6.42 Å². The van der Waals surface area contributed by atoms with E-state index in [0.717, 1.165) is 0 Å². The molecule has 0 spiro atoms. The van der Waals surface area contributed by atoms with Crippen LogP contribution in [0.25, 0.3) is 0 Å². The van der Waals surface area contributed by atoms with E-state index in [1.54, 1.807) is 0 Å². The Bertz CT molecular complexity index is 171. The van der Waals surface area contributed by atoms with Crippen molar-refractivity contribution >= 4 is 17.4 Å². The summed E-state index contributed by atoms with van der Waals surface area (Å²) >= 11 is 5.70. The number of hydrogen-bond acceptors (Lipinski definition) is 2. The lowest BCUT2D eigenvalue weighted by molar-refractivity contribution is -0.143. The van der Waals surface area contributed by atoms with Gasteiger partial charge in [0.15, 0.2) is 5.78 Å². The van der Waals surface area contributed by atoms with Crippen molar-refractivity contribution in [1.29, 1.82) is 0 Å². The van der Waals surface area contributed by atoms with Gasteiger partial charge in [0.1, 0.15) is 5.38 Å². The molecule has 3 heteroatoms. The van der Waals surface area contributed by atoms with Gasteiger partial charge in [-0.2, -0.15) is 0 Å². The number of carbonyl (C=O) groups is 1. The first-order chi connectivity index (χ1) is 4.90. The van der Waals surface area contributed by atoms with Gasteiger partial charge in [-0.15, -0.1) is 11.6 Å². The second kappa shape index (κ2) is 2.76. The van der Waals surface area contributed by atoms with Crippen LogP contribution >= 0.6 is 11.6 Å². The molecule has 2 nitrogen and oxygen atoms in total. The molecule has 0 aromatic rings. The summed E-state index contributed by atoms with van der Waals surface area (Å²) in [4.78, 5) is 10.7. The van der Waals surface area contributed by atoms with Crippen molar-refractivity contribution in [2.45, 2.75) is 44.3 Å². The third kappa shape index (κ3) is 2.17. The van der Waals surface area contributed by atoms with E-state index in [-0.39, 0.29) is 17.5 Å². The number of carbonyl (C=O) groups excluding carboxylic acids is 1. The molecule has 1 aliphatic carbocycles. The highest BCUT2D eigenvalue weighted by atomic mass is 35.5. The van der Waals surface area contributed by atoms with Crippen LogP contribution in [0.5, 0.6) is 0 Å². The number of alkyl halides is 1. The first-order valence-corrected chi connectivity index (χ1v) is 4.18. The molecule has 0 unspecified atom stereocenters. The molecule has 0 aliphatic heterocycles. The summed E-state index contributed by atoms with van der Waals surface area (Å²) in [6.07, 6.45) is 0.412. The maximum atomic E-state index is 10.7. The highest BCUT2D eigenvalue weighted by Gasteiger charge is 2.41. The van der Waals surface area contributed by atoms with Crippen LogP contribution in [-0.2, 0) is 9.53 Å². The van der Waals surface area contributed by atoms with Crippen molar-refractivity contribution in [3.8, 4) is 0 Å². The van der Waals surface area contributed by atoms with Gasteiger partial charge in [0.05, 0.1) is 11.7 Å². The fourth-order valence-corrected chi connectivity index (χ4v) is 1.25. The van der Waals surface area contributed by atoms with Gasteiger partial charge in [0.25, 0.3) is 0 Å². The average molecular weight is 177 g/mol. The minimum Gasteiger partial charge on any atom is -0.370 e. The Kier molecular flexibility index (Phi) is 2.26. The van der Waals surface area contributed by atoms with Gasteiger partial charge >= 0.3 is 0 Å². The summed E-state index contributed by atoms with van der Waals surface area (Å²) < 4.78 is 5.50. The van der Waals surface area contributed by atoms with Crippen molar-refractivity contribution in [2.75, 3.05) is 0 Å². The highest BCUT2D eigenvalue weighted by Crippen LogP contribution is 2.28. The monoisotopic (exact) mass is 176 g/mol. The number of rotatable bonds is 1. The number of ketones is 1. The average Bonchev–Trinajstić information content (AvgIpc) is 1.84. The van der Waals surface area contributed by atoms with E-state index in [4.69, 9.17) is 16.3 Å². The number of halogens is 1. The van der Waals surface area contributed by atoms with Gasteiger partial charge in [-0.1, -0.05) is 0 Å². The van der Waals surface area contributed by atoms with Crippen molar-refractivity contribution in [3.63, 3.8) is 0 Å². The van der Waals surface area contributed by atoms with Gasteiger partial charge in [-0.3, -0.25) is 4.79 Å². The summed E-state index contributed by atoms with van der Waals surface area (Å²) in [6.45, 7) is 5.87. The zero-order valence-electron chi connectivity index (χ0n) is 7.06. The Morgan fingerprint density at radius 3 is 2.36 bits per heavy atom. The molecule has 2 atom stereocenters. The van der Waals surface area contributed by atoms with Crippen LogP contribution in [0.1, 0.15) is 27.2 Å². The fourth-order valence-electron chi connectivity index (χ4n) is 1.02. The van der Waals surface area contributed by atoms with E-state index in [1.807, 2.05) is 20.8 Å². The number of hydrogen-bond donors (Lipinski definition) is 0. The topological polar surface area (TPSA) is 26.3 Å². The van der Waals surface area contributed by atoms with Crippen molar-refractivity contribution in [3.05, 3.63) is 0 Å². The second-order valence-corrected chi connectivity index (χ2v) is 4.31. The van der Waals surface area contributed by atoms with Crippen LogP contribution in [0, 0.1) is 0 Å². The Morgan fingerprint density at radius 2 is 2.09 bits per heavy atom. The smallest absolute Gasteiger partial charge is 0.156 e. The lowest BCUT2D eigenvalue weighted by Gasteiger charge is -2.35. The summed E-state index contributed by atoms with van der Waals surface area (Å²) in [5.74, 6) is 0.0981. The molecule has 1 saturated carbocycles. The van der Waals surface area contributed by atoms with Gasteiger partial charge in [-0.25, -0.2) is 0 Å². The molecule has 0 amide bonds. The third-order valence-corrected chi connectivity index (χ3v) is 2.07. The SMILES string of the molecule is CC(C)(C)O[C@@H]1CC(=O)[C@@H]1Cl. The van der Waals surface area contributed by atoms with Crippen LogP contribution in [0.3, 0.4) is 0 Å². The molecule has 1 rings (SSSR count). The summed E-state index contributed by atoms with van der Waals surface area (Å²) in [7, 11) is 0. The van der Waals surface area contributed by atoms with Crippen LogP contribution in [0.2, 0.25) is 0 Å². The van der Waals surface area contributed by atoms with Crippen LogP contribution < -0.4 is 0 Å². The van der Waals surface area contributed by atoms with E-state index in [1.165, 1.54) is 0 Å². The predicted molar refractivity (Wildman–Crippen MR) is 43.9 cm³/mol. The Morgan fingerprint density at radius 1 is 1.55 bits per heavy atom. The van der Waals surface area contributed by atoms with E-state index in [9.17, 15) is 4.79 Å². The van der Waals surface area contributed by atoms with Gasteiger partial charge in [0, 0.05) is 6.42 Å². The molecular weight excluding hydrogens is 164 g/mol. The van der Waals surface area contributed by atoms with Crippen molar-refractivity contribution in [1.82, 2.24) is 0 Å². The number of Topliss-reactive ketones (excluding diaryl/α,β-unsaturated/α-hetero) is 1. The predicted octanol–water partition coefficient (Wildman–Crippen LogP) is 1.75. The maximum Gasteiger partial charge on any atom is 0.156 e. The van der Waals surface area contributed by atoms with E-state index >= 15 is 0 Å². The Labute approximate surface area is 71.9 Å². The lowest BCUT2D eigenvalue weighted by Crippen LogP contribution is -2.48. The van der Waals surface area contributed by atoms with E-state index < -0.39 is 5.38 Å². The summed E-state index contributed by atoms with van der Waals surface area (Å²) in [6, 6.07) is 0.